The minimum Gasteiger partial charge on any atom is -0.464 e. The summed E-state index contributed by atoms with van der Waals surface area (Å²) < 4.78 is 16.4. The second kappa shape index (κ2) is 9.83. The topological polar surface area (TPSA) is 105 Å². The molecule has 0 aromatic carbocycles. The van der Waals surface area contributed by atoms with Gasteiger partial charge in [0.15, 0.2) is 0 Å². The number of halogens is 2. The fourth-order valence-electron chi connectivity index (χ4n) is 1.65. The Labute approximate surface area is 153 Å². The summed E-state index contributed by atoms with van der Waals surface area (Å²) in [7, 11) is 0. The van der Waals surface area contributed by atoms with Crippen LogP contribution in [0.4, 0.5) is 0 Å². The molecule has 0 atom stereocenters. The molecule has 0 saturated heterocycles. The molecule has 0 rings (SSSR count). The molecule has 138 valence electrons. The molecule has 0 N–H and O–H groups in total. The maximum absolute atomic E-state index is 12.4. The molecule has 0 spiro atoms. The van der Waals surface area contributed by atoms with Gasteiger partial charge in [-0.1, -0.05) is 27.5 Å². The molecule has 0 saturated carbocycles. The van der Waals surface area contributed by atoms with E-state index in [1.54, 1.807) is 0 Å². The molecule has 24 heavy (non-hydrogen) atoms. The summed E-state index contributed by atoms with van der Waals surface area (Å²) in [6.07, 6.45) is 0. The quantitative estimate of drug-likeness (QED) is 0.233. The zero-order valence-electron chi connectivity index (χ0n) is 13.9. The summed E-state index contributed by atoms with van der Waals surface area (Å²) in [5.74, 6) is -5.25. The first-order valence-electron chi connectivity index (χ1n) is 7.24. The van der Waals surface area contributed by atoms with Crippen molar-refractivity contribution in [3.8, 4) is 0 Å². The summed E-state index contributed by atoms with van der Waals surface area (Å²) in [5, 5.41) is 0. The van der Waals surface area contributed by atoms with E-state index in [2.05, 4.69) is 15.9 Å². The van der Waals surface area contributed by atoms with E-state index >= 15 is 0 Å². The van der Waals surface area contributed by atoms with Gasteiger partial charge in [-0.3, -0.25) is 0 Å². The zero-order chi connectivity index (χ0) is 19.0. The van der Waals surface area contributed by atoms with Gasteiger partial charge in [-0.2, -0.15) is 0 Å². The number of alkyl halides is 2. The molecule has 8 nitrogen and oxygen atoms in total. The molecule has 0 aliphatic carbocycles. The average molecular weight is 432 g/mol. The van der Waals surface area contributed by atoms with E-state index in [4.69, 9.17) is 30.5 Å². The van der Waals surface area contributed by atoms with Gasteiger partial charge in [-0.25, -0.2) is 19.2 Å². The summed E-state index contributed by atoms with van der Waals surface area (Å²) >= 11 is 8.97. The van der Waals surface area contributed by atoms with E-state index in [-0.39, 0.29) is 26.4 Å². The SMILES string of the molecule is CCOC(=O)C(Cl)(C(=O)OCC)C(Br)(C(=O)OCC)C(=O)OCC. The first-order valence-corrected chi connectivity index (χ1v) is 8.42. The smallest absolute Gasteiger partial charge is 0.341 e. The van der Waals surface area contributed by atoms with Crippen molar-refractivity contribution in [2.24, 2.45) is 0 Å². The first-order chi connectivity index (χ1) is 11.2. The normalized spacial score (nSPS) is 11.4. The average Bonchev–Trinajstić information content (AvgIpc) is 2.53. The molecule has 0 unspecified atom stereocenters. The number of hydrogen-bond acceptors (Lipinski definition) is 8. The number of carbonyl (C=O) groups is 4. The molecule has 0 aromatic heterocycles. The summed E-state index contributed by atoms with van der Waals surface area (Å²) in [6.45, 7) is 5.30. The lowest BCUT2D eigenvalue weighted by atomic mass is 9.90. The van der Waals surface area contributed by atoms with Crippen molar-refractivity contribution in [1.29, 1.82) is 0 Å². The van der Waals surface area contributed by atoms with Crippen LogP contribution >= 0.6 is 27.5 Å². The monoisotopic (exact) mass is 430 g/mol. The Morgan fingerprint density at radius 3 is 1.21 bits per heavy atom. The lowest BCUT2D eigenvalue weighted by molar-refractivity contribution is -0.173. The van der Waals surface area contributed by atoms with E-state index in [0.29, 0.717) is 0 Å². The number of carbonyl (C=O) groups excluding carboxylic acids is 4. The Kier molecular flexibility index (Phi) is 9.27. The summed E-state index contributed by atoms with van der Waals surface area (Å²) in [5.41, 5.74) is 0. The van der Waals surface area contributed by atoms with Gasteiger partial charge in [-0.15, -0.1) is 0 Å². The maximum atomic E-state index is 12.4. The maximum Gasteiger partial charge on any atom is 0.341 e. The van der Waals surface area contributed by atoms with Crippen molar-refractivity contribution < 1.29 is 38.1 Å². The van der Waals surface area contributed by atoms with Gasteiger partial charge in [0.2, 0.25) is 0 Å². The Morgan fingerprint density at radius 1 is 0.708 bits per heavy atom. The Morgan fingerprint density at radius 2 is 0.958 bits per heavy atom. The van der Waals surface area contributed by atoms with Crippen LogP contribution in [0.25, 0.3) is 0 Å². The molecule has 0 aliphatic rings. The first kappa shape index (κ1) is 22.6. The van der Waals surface area contributed by atoms with Crippen molar-refractivity contribution in [3.05, 3.63) is 0 Å². The molecule has 0 aromatic rings. The van der Waals surface area contributed by atoms with Crippen molar-refractivity contribution in [3.63, 3.8) is 0 Å². The number of hydrogen-bond donors (Lipinski definition) is 0. The van der Waals surface area contributed by atoms with Gasteiger partial charge in [0, 0.05) is 0 Å². The minimum atomic E-state index is -2.86. The van der Waals surface area contributed by atoms with E-state index in [1.807, 2.05) is 0 Å². The van der Waals surface area contributed by atoms with Gasteiger partial charge in [0.1, 0.15) is 0 Å². The van der Waals surface area contributed by atoms with Crippen LogP contribution < -0.4 is 0 Å². The molecule has 0 heterocycles. The molecule has 0 aliphatic heterocycles. The van der Waals surface area contributed by atoms with Gasteiger partial charge in [0.05, 0.1) is 26.4 Å². The van der Waals surface area contributed by atoms with Crippen molar-refractivity contribution >= 4 is 51.4 Å². The van der Waals surface area contributed by atoms with Crippen LogP contribution in [0, 0.1) is 0 Å². The molecule has 0 fully saturated rings. The van der Waals surface area contributed by atoms with Gasteiger partial charge >= 0.3 is 23.9 Å². The zero-order valence-corrected chi connectivity index (χ0v) is 16.2. The van der Waals surface area contributed by atoms with Crippen molar-refractivity contribution in [2.45, 2.75) is 36.9 Å². The molecular formula is C14H20BrClO8. The fourth-order valence-corrected chi connectivity index (χ4v) is 2.47. The van der Waals surface area contributed by atoms with E-state index in [0.717, 1.165) is 0 Å². The predicted octanol–water partition coefficient (Wildman–Crippen LogP) is 1.35. The third kappa shape index (κ3) is 4.18. The Bertz CT molecular complexity index is 413. The second-order valence-electron chi connectivity index (χ2n) is 4.20. The van der Waals surface area contributed by atoms with Crippen molar-refractivity contribution in [2.75, 3.05) is 26.4 Å². The lowest BCUT2D eigenvalue weighted by Gasteiger charge is -2.34. The van der Waals surface area contributed by atoms with Gasteiger partial charge in [-0.05, 0) is 27.7 Å². The van der Waals surface area contributed by atoms with Crippen LogP contribution in [0.15, 0.2) is 0 Å². The van der Waals surface area contributed by atoms with Crippen molar-refractivity contribution in [1.82, 2.24) is 0 Å². The standard InChI is InChI=1S/C14H20BrClO8/c1-5-21-9(17)13(15,10(18)22-6-2)14(16,11(19)23-7-3)12(20)24-8-4/h5-8H2,1-4H3. The lowest BCUT2D eigenvalue weighted by Crippen LogP contribution is -2.66. The summed E-state index contributed by atoms with van der Waals surface area (Å²) in [6, 6.07) is 0. The molecule has 0 bridgehead atoms. The van der Waals surface area contributed by atoms with E-state index in [1.165, 1.54) is 27.7 Å². The van der Waals surface area contributed by atoms with Crippen LogP contribution in [-0.2, 0) is 38.1 Å². The van der Waals surface area contributed by atoms with E-state index < -0.39 is 33.1 Å². The summed E-state index contributed by atoms with van der Waals surface area (Å²) in [4.78, 5) is 46.6. The molecule has 0 amide bonds. The number of esters is 4. The third-order valence-electron chi connectivity index (χ3n) is 2.70. The second-order valence-corrected chi connectivity index (χ2v) is 5.96. The van der Waals surface area contributed by atoms with Crippen LogP contribution in [0.1, 0.15) is 27.7 Å². The third-order valence-corrected chi connectivity index (χ3v) is 4.76. The van der Waals surface area contributed by atoms with Crippen LogP contribution in [-0.4, -0.2) is 59.5 Å². The molecule has 10 heteroatoms. The van der Waals surface area contributed by atoms with Gasteiger partial charge < -0.3 is 18.9 Å². The number of rotatable bonds is 9. The highest BCUT2D eigenvalue weighted by atomic mass is 79.9. The predicted molar refractivity (Wildman–Crippen MR) is 86.8 cm³/mol. The molecular weight excluding hydrogens is 412 g/mol. The van der Waals surface area contributed by atoms with Crippen LogP contribution in [0.3, 0.4) is 0 Å². The molecule has 0 radical (unpaired) electrons. The Balaban J connectivity index is 6.35. The number of ether oxygens (including phenoxy) is 4. The fraction of sp³-hybridized carbons (Fsp3) is 0.714. The van der Waals surface area contributed by atoms with Gasteiger partial charge in [0.25, 0.3) is 9.20 Å². The highest BCUT2D eigenvalue weighted by Gasteiger charge is 2.72. The highest BCUT2D eigenvalue weighted by molar-refractivity contribution is 9.10. The minimum absolute atomic E-state index is 0.135. The van der Waals surface area contributed by atoms with Crippen LogP contribution in [0.2, 0.25) is 0 Å². The largest absolute Gasteiger partial charge is 0.464 e. The Hall–Kier alpha value is -1.35. The van der Waals surface area contributed by atoms with Crippen LogP contribution in [0.5, 0.6) is 0 Å². The highest BCUT2D eigenvalue weighted by Crippen LogP contribution is 2.42. The van der Waals surface area contributed by atoms with E-state index in [9.17, 15) is 19.2 Å².